The van der Waals surface area contributed by atoms with Gasteiger partial charge >= 0.3 is 0 Å². The molecule has 0 bridgehead atoms. The van der Waals surface area contributed by atoms with Gasteiger partial charge in [0.25, 0.3) is 0 Å². The van der Waals surface area contributed by atoms with E-state index in [0.29, 0.717) is 13.2 Å². The van der Waals surface area contributed by atoms with Crippen LogP contribution in [0.15, 0.2) is 48.5 Å². The van der Waals surface area contributed by atoms with E-state index in [4.69, 9.17) is 15.2 Å². The number of rotatable bonds is 5. The summed E-state index contributed by atoms with van der Waals surface area (Å²) in [5.41, 5.74) is 8.17. The van der Waals surface area contributed by atoms with E-state index in [2.05, 4.69) is 5.32 Å². The van der Waals surface area contributed by atoms with Crippen molar-refractivity contribution in [1.82, 2.24) is 5.32 Å². The van der Waals surface area contributed by atoms with E-state index in [1.165, 1.54) is 0 Å². The summed E-state index contributed by atoms with van der Waals surface area (Å²) in [6, 6.07) is 14.9. The number of amides is 1. The Kier molecular flexibility index (Phi) is 5.24. The van der Waals surface area contributed by atoms with Gasteiger partial charge < -0.3 is 20.5 Å². The van der Waals surface area contributed by atoms with Crippen LogP contribution in [0, 0.1) is 5.92 Å². The first-order valence-corrected chi connectivity index (χ1v) is 8.56. The molecule has 0 fully saturated rings. The molecule has 2 aromatic carbocycles. The zero-order valence-electron chi connectivity index (χ0n) is 14.6. The van der Waals surface area contributed by atoms with E-state index < -0.39 is 0 Å². The van der Waals surface area contributed by atoms with Gasteiger partial charge in [0.15, 0.2) is 11.5 Å². The molecule has 2 aromatic rings. The van der Waals surface area contributed by atoms with Crippen LogP contribution in [0.3, 0.4) is 0 Å². The zero-order chi connectivity index (χ0) is 17.8. The second-order valence-electron chi connectivity index (χ2n) is 6.36. The molecule has 1 amide bonds. The molecular formula is C20H24N2O3. The average Bonchev–Trinajstić information content (AvgIpc) is 2.67. The van der Waals surface area contributed by atoms with Crippen molar-refractivity contribution in [3.05, 3.63) is 59.7 Å². The molecule has 0 aromatic heterocycles. The first kappa shape index (κ1) is 17.3. The molecule has 1 aliphatic rings. The zero-order valence-corrected chi connectivity index (χ0v) is 14.6. The number of ether oxygens (including phenoxy) is 2. The normalized spacial score (nSPS) is 16.6. The standard InChI is InChI=1S/C20H24N2O3/c1-13(19(21)15-6-4-3-5-7-15)20(23)22-14(2)16-8-9-17-18(12-16)25-11-10-24-17/h3-9,12-14,19H,10-11,21H2,1-2H3,(H,22,23). The van der Waals surface area contributed by atoms with Gasteiger partial charge in [0.2, 0.25) is 5.91 Å². The molecular weight excluding hydrogens is 316 g/mol. The third-order valence-electron chi connectivity index (χ3n) is 4.56. The summed E-state index contributed by atoms with van der Waals surface area (Å²) < 4.78 is 11.1. The lowest BCUT2D eigenvalue weighted by atomic mass is 9.94. The van der Waals surface area contributed by atoms with Gasteiger partial charge in [-0.25, -0.2) is 0 Å². The monoisotopic (exact) mass is 340 g/mol. The average molecular weight is 340 g/mol. The molecule has 1 heterocycles. The Bertz CT molecular complexity index is 733. The Morgan fingerprint density at radius 1 is 1.00 bits per heavy atom. The number of hydrogen-bond acceptors (Lipinski definition) is 4. The lowest BCUT2D eigenvalue weighted by Crippen LogP contribution is -2.36. The van der Waals surface area contributed by atoms with Gasteiger partial charge in [-0.3, -0.25) is 4.79 Å². The Labute approximate surface area is 148 Å². The van der Waals surface area contributed by atoms with Crippen LogP contribution in [0.4, 0.5) is 0 Å². The van der Waals surface area contributed by atoms with Crippen LogP contribution >= 0.6 is 0 Å². The molecule has 0 saturated carbocycles. The molecule has 1 aliphatic heterocycles. The summed E-state index contributed by atoms with van der Waals surface area (Å²) in [6.07, 6.45) is 0. The minimum absolute atomic E-state index is 0.0706. The summed E-state index contributed by atoms with van der Waals surface area (Å²) in [4.78, 5) is 12.6. The first-order chi connectivity index (χ1) is 12.1. The summed E-state index contributed by atoms with van der Waals surface area (Å²) in [5.74, 6) is 1.06. The Morgan fingerprint density at radius 2 is 1.68 bits per heavy atom. The lowest BCUT2D eigenvalue weighted by molar-refractivity contribution is -0.125. The molecule has 132 valence electrons. The summed E-state index contributed by atoms with van der Waals surface area (Å²) in [7, 11) is 0. The first-order valence-electron chi connectivity index (χ1n) is 8.56. The summed E-state index contributed by atoms with van der Waals surface area (Å²) in [6.45, 7) is 4.90. The minimum atomic E-state index is -0.339. The molecule has 5 heteroatoms. The van der Waals surface area contributed by atoms with Crippen LogP contribution in [0.5, 0.6) is 11.5 Å². The predicted octanol–water partition coefficient (Wildman–Crippen LogP) is 2.97. The van der Waals surface area contributed by atoms with E-state index in [-0.39, 0.29) is 23.9 Å². The van der Waals surface area contributed by atoms with Gasteiger partial charge in [-0.1, -0.05) is 43.3 Å². The van der Waals surface area contributed by atoms with E-state index >= 15 is 0 Å². The van der Waals surface area contributed by atoms with Crippen molar-refractivity contribution >= 4 is 5.91 Å². The topological polar surface area (TPSA) is 73.6 Å². The van der Waals surface area contributed by atoms with Crippen molar-refractivity contribution in [2.45, 2.75) is 25.9 Å². The Balaban J connectivity index is 1.66. The van der Waals surface area contributed by atoms with Gasteiger partial charge in [-0.05, 0) is 30.2 Å². The Morgan fingerprint density at radius 3 is 2.40 bits per heavy atom. The fourth-order valence-corrected chi connectivity index (χ4v) is 2.88. The molecule has 3 rings (SSSR count). The summed E-state index contributed by atoms with van der Waals surface area (Å²) in [5, 5.41) is 3.04. The lowest BCUT2D eigenvalue weighted by Gasteiger charge is -2.24. The summed E-state index contributed by atoms with van der Waals surface area (Å²) >= 11 is 0. The van der Waals surface area contributed by atoms with Gasteiger partial charge in [0, 0.05) is 6.04 Å². The van der Waals surface area contributed by atoms with Crippen molar-refractivity contribution in [3.63, 3.8) is 0 Å². The van der Waals surface area contributed by atoms with Crippen LogP contribution in [-0.4, -0.2) is 19.1 Å². The molecule has 3 unspecified atom stereocenters. The van der Waals surface area contributed by atoms with E-state index in [0.717, 1.165) is 22.6 Å². The van der Waals surface area contributed by atoms with E-state index in [1.54, 1.807) is 0 Å². The largest absolute Gasteiger partial charge is 0.486 e. The van der Waals surface area contributed by atoms with Crippen LogP contribution < -0.4 is 20.5 Å². The van der Waals surface area contributed by atoms with Gasteiger partial charge in [0.05, 0.1) is 12.0 Å². The molecule has 3 atom stereocenters. The van der Waals surface area contributed by atoms with E-state index in [1.807, 2.05) is 62.4 Å². The van der Waals surface area contributed by atoms with Crippen LogP contribution in [-0.2, 0) is 4.79 Å². The number of hydrogen-bond donors (Lipinski definition) is 2. The molecule has 0 spiro atoms. The second kappa shape index (κ2) is 7.57. The van der Waals surface area contributed by atoms with Crippen molar-refractivity contribution < 1.29 is 14.3 Å². The molecule has 0 saturated heterocycles. The van der Waals surface area contributed by atoms with Crippen molar-refractivity contribution in [2.75, 3.05) is 13.2 Å². The van der Waals surface area contributed by atoms with Gasteiger partial charge in [-0.2, -0.15) is 0 Å². The number of fused-ring (bicyclic) bond motifs is 1. The molecule has 3 N–H and O–H groups in total. The maximum Gasteiger partial charge on any atom is 0.225 e. The van der Waals surface area contributed by atoms with Gasteiger partial charge in [-0.15, -0.1) is 0 Å². The third kappa shape index (κ3) is 3.94. The van der Waals surface area contributed by atoms with Crippen LogP contribution in [0.1, 0.15) is 37.1 Å². The highest BCUT2D eigenvalue weighted by atomic mass is 16.6. The number of nitrogens with one attached hydrogen (secondary N) is 1. The fraction of sp³-hybridized carbons (Fsp3) is 0.350. The van der Waals surface area contributed by atoms with Crippen molar-refractivity contribution in [3.8, 4) is 11.5 Å². The minimum Gasteiger partial charge on any atom is -0.486 e. The number of carbonyl (C=O) groups is 1. The number of nitrogens with two attached hydrogens (primary N) is 1. The molecule has 0 aliphatic carbocycles. The predicted molar refractivity (Wildman–Crippen MR) is 96.5 cm³/mol. The molecule has 5 nitrogen and oxygen atoms in total. The SMILES string of the molecule is CC(NC(=O)C(C)C(N)c1ccccc1)c1ccc2c(c1)OCCO2. The van der Waals surface area contributed by atoms with Crippen molar-refractivity contribution in [1.29, 1.82) is 0 Å². The van der Waals surface area contributed by atoms with Gasteiger partial charge in [0.1, 0.15) is 13.2 Å². The van der Waals surface area contributed by atoms with E-state index in [9.17, 15) is 4.79 Å². The highest BCUT2D eigenvalue weighted by Gasteiger charge is 2.24. The van der Waals surface area contributed by atoms with Crippen molar-refractivity contribution in [2.24, 2.45) is 11.7 Å². The maximum atomic E-state index is 12.6. The fourth-order valence-electron chi connectivity index (χ4n) is 2.88. The number of benzene rings is 2. The quantitative estimate of drug-likeness (QED) is 0.877. The third-order valence-corrected chi connectivity index (χ3v) is 4.56. The van der Waals surface area contributed by atoms with Crippen LogP contribution in [0.25, 0.3) is 0 Å². The maximum absolute atomic E-state index is 12.6. The smallest absolute Gasteiger partial charge is 0.225 e. The number of carbonyl (C=O) groups excluding carboxylic acids is 1. The highest BCUT2D eigenvalue weighted by molar-refractivity contribution is 5.79. The molecule has 25 heavy (non-hydrogen) atoms. The second-order valence-corrected chi connectivity index (χ2v) is 6.36. The molecule has 0 radical (unpaired) electrons. The highest BCUT2D eigenvalue weighted by Crippen LogP contribution is 2.32. The Hall–Kier alpha value is -2.53. The van der Waals surface area contributed by atoms with Crippen LogP contribution in [0.2, 0.25) is 0 Å².